The molecule has 0 fully saturated rings. The lowest BCUT2D eigenvalue weighted by atomic mass is 9.93. The Balaban J connectivity index is 1.11. The molecule has 10 aromatic rings. The number of para-hydroxylation sites is 1. The smallest absolute Gasteiger partial charge is 0.146 e. The number of benzene rings is 6. The van der Waals surface area contributed by atoms with Crippen LogP contribution in [0, 0.1) is 19.5 Å². The van der Waals surface area contributed by atoms with Gasteiger partial charge in [0.15, 0.2) is 0 Å². The van der Waals surface area contributed by atoms with Gasteiger partial charge >= 0.3 is 0 Å². The number of pyridine rings is 3. The fourth-order valence-corrected chi connectivity index (χ4v) is 7.38. The van der Waals surface area contributed by atoms with E-state index < -0.39 is 102 Å². The third-order valence-corrected chi connectivity index (χ3v) is 10.6. The number of fused-ring (bicyclic) bond motifs is 3. The summed E-state index contributed by atoms with van der Waals surface area (Å²) in [6, 6.07) is 38.3. The average Bonchev–Trinajstić information content (AvgIpc) is 2.06. The van der Waals surface area contributed by atoms with Crippen LogP contribution in [0.4, 0.5) is 4.39 Å². The molecule has 0 saturated heterocycles. The number of furan rings is 1. The molecular weight excluding hydrogens is 786 g/mol. The second-order valence-corrected chi connectivity index (χ2v) is 14.8. The summed E-state index contributed by atoms with van der Waals surface area (Å²) in [5.74, 6) is -0.798. The second-order valence-electron chi connectivity index (χ2n) is 14.8. The number of aromatic nitrogens is 3. The highest BCUT2D eigenvalue weighted by molar-refractivity contribution is 6.12. The lowest BCUT2D eigenvalue weighted by Crippen LogP contribution is -2.02. The van der Waals surface area contributed by atoms with Crippen molar-refractivity contribution in [2.75, 3.05) is 0 Å². The van der Waals surface area contributed by atoms with Crippen LogP contribution in [0.25, 0.3) is 66.8 Å². The zero-order chi connectivity index (χ0) is 60.0. The molecule has 0 amide bonds. The first kappa shape index (κ1) is 24.4. The quantitative estimate of drug-likeness (QED) is 0.116. The molecule has 4 nitrogen and oxygen atoms in total. The summed E-state index contributed by atoms with van der Waals surface area (Å²) in [6.45, 7) is -6.16. The van der Waals surface area contributed by atoms with Gasteiger partial charge in [-0.15, -0.1) is 0 Å². The van der Waals surface area contributed by atoms with Crippen molar-refractivity contribution in [1.82, 2.24) is 15.0 Å². The van der Waals surface area contributed by atoms with Gasteiger partial charge in [0.05, 0.1) is 24.0 Å². The van der Waals surface area contributed by atoms with E-state index in [0.717, 1.165) is 48.9 Å². The molecule has 0 unspecified atom stereocenters. The van der Waals surface area contributed by atoms with E-state index in [-0.39, 0.29) is 39.9 Å². The van der Waals surface area contributed by atoms with Crippen molar-refractivity contribution in [2.24, 2.45) is 0 Å². The Hall–Kier alpha value is -7.50. The van der Waals surface area contributed by atoms with Gasteiger partial charge in [-0.25, -0.2) is 4.39 Å². The fraction of sp³-hybridized carbons (Fsp3) is 0.136. The Labute approximate surface area is 400 Å². The normalized spacial score (nSPS) is 17.5. The number of halogens is 1. The topological polar surface area (TPSA) is 51.8 Å². The molecule has 0 aliphatic carbocycles. The van der Waals surface area contributed by atoms with E-state index in [2.05, 4.69) is 15.0 Å². The first-order valence-corrected chi connectivity index (χ1v) is 20.3. The molecule has 4 heterocycles. The molecule has 6 aromatic carbocycles. The monoisotopic (exact) mass is 852 g/mol. The van der Waals surface area contributed by atoms with Gasteiger partial charge in [-0.05, 0) is 138 Å². The van der Waals surface area contributed by atoms with Gasteiger partial charge in [0.25, 0.3) is 0 Å². The Morgan fingerprint density at radius 1 is 0.484 bits per heavy atom. The number of rotatable bonds is 13. The molecule has 312 valence electrons. The number of aryl methyl sites for hydroxylation is 8. The van der Waals surface area contributed by atoms with Crippen molar-refractivity contribution >= 4 is 21.9 Å². The maximum absolute atomic E-state index is 15.7. The lowest BCUT2D eigenvalue weighted by Gasteiger charge is -2.13. The molecule has 0 N–H and O–H groups in total. The number of nitrogens with zero attached hydrogens (tertiary/aromatic N) is 3. The molecule has 64 heavy (non-hydrogen) atoms. The Morgan fingerprint density at radius 2 is 1.00 bits per heavy atom. The van der Waals surface area contributed by atoms with Crippen LogP contribution < -0.4 is 0 Å². The molecule has 0 atom stereocenters. The van der Waals surface area contributed by atoms with Gasteiger partial charge in [0, 0.05) is 70.7 Å². The van der Waals surface area contributed by atoms with Crippen LogP contribution in [0.15, 0.2) is 187 Å². The molecule has 0 aliphatic rings. The fourth-order valence-electron chi connectivity index (χ4n) is 7.38. The van der Waals surface area contributed by atoms with Gasteiger partial charge < -0.3 is 4.42 Å². The van der Waals surface area contributed by atoms with Gasteiger partial charge in [-0.2, -0.15) is 0 Å². The molecule has 0 saturated carbocycles. The Morgan fingerprint density at radius 3 is 1.55 bits per heavy atom. The summed E-state index contributed by atoms with van der Waals surface area (Å²) in [5.41, 5.74) is -3.15. The molecular formula is C59H48FN3O. The second kappa shape index (κ2) is 18.1. The van der Waals surface area contributed by atoms with E-state index >= 15 is 4.39 Å². The van der Waals surface area contributed by atoms with Gasteiger partial charge in [0.2, 0.25) is 0 Å². The van der Waals surface area contributed by atoms with Crippen molar-refractivity contribution in [3.8, 4) is 44.9 Å². The predicted octanol–water partition coefficient (Wildman–Crippen LogP) is 14.6. The van der Waals surface area contributed by atoms with Crippen LogP contribution in [-0.4, -0.2) is 15.0 Å². The van der Waals surface area contributed by atoms with E-state index in [1.165, 1.54) is 18.2 Å². The van der Waals surface area contributed by atoms with Gasteiger partial charge in [0.1, 0.15) is 17.0 Å². The maximum atomic E-state index is 15.7. The highest BCUT2D eigenvalue weighted by atomic mass is 19.1. The minimum atomic E-state index is -3.50. The first-order chi connectivity index (χ1) is 38.8. The molecule has 0 spiro atoms. The van der Waals surface area contributed by atoms with E-state index in [4.69, 9.17) is 14.0 Å². The summed E-state index contributed by atoms with van der Waals surface area (Å²) in [5, 5.41) is 0.950. The molecule has 10 rings (SSSR count). The van der Waals surface area contributed by atoms with Crippen LogP contribution in [-0.2, 0) is 38.2 Å². The third kappa shape index (κ3) is 8.62. The minimum absolute atomic E-state index is 0.0689. The van der Waals surface area contributed by atoms with Crippen molar-refractivity contribution in [3.63, 3.8) is 0 Å². The summed E-state index contributed by atoms with van der Waals surface area (Å²) in [4.78, 5) is 13.1. The van der Waals surface area contributed by atoms with Gasteiger partial charge in [-0.1, -0.05) is 127 Å². The summed E-state index contributed by atoms with van der Waals surface area (Å²) < 4.78 is 196. The minimum Gasteiger partial charge on any atom is -0.455 e. The van der Waals surface area contributed by atoms with Crippen molar-refractivity contribution in [2.45, 2.75) is 51.9 Å². The first-order valence-electron chi connectivity index (χ1n) is 29.8. The van der Waals surface area contributed by atoms with Crippen LogP contribution in [0.3, 0.4) is 0 Å². The van der Waals surface area contributed by atoms with E-state index in [0.29, 0.717) is 33.0 Å². The standard InChI is InChI=1S/C59H48FN3O/c1-39-31-55(45-13-6-3-7-14-45)62-37-48(39)26-23-43-33-42(34-44(35-43)24-27-49-38-63-56(32-40(49)2)46-15-8-4-9-16-46)22-21-41-25-30-54(61-36-41)52-20-12-19-50-51-28-29-53(60)57(59(51)64-58(50)52)47-17-10-5-11-18-47/h3-20,25,28-38H,21-24,26-27H2,1-2H3/i1D3,2D3,21D2,22D2,23D2,24D2,26D2,27D2,29D. The third-order valence-electron chi connectivity index (χ3n) is 10.6. The zero-order valence-electron chi connectivity index (χ0n) is 52.9. The summed E-state index contributed by atoms with van der Waals surface area (Å²) >= 11 is 0. The average molecular weight is 853 g/mol. The molecule has 0 radical (unpaired) electrons. The molecule has 0 aliphatic heterocycles. The Bertz CT molecular complexity index is 3950. The van der Waals surface area contributed by atoms with Crippen molar-refractivity contribution in [1.29, 1.82) is 0 Å². The van der Waals surface area contributed by atoms with Crippen LogP contribution in [0.1, 0.15) is 70.6 Å². The summed E-state index contributed by atoms with van der Waals surface area (Å²) in [7, 11) is 0. The highest BCUT2D eigenvalue weighted by Crippen LogP contribution is 2.40. The van der Waals surface area contributed by atoms with Crippen LogP contribution >= 0.6 is 0 Å². The van der Waals surface area contributed by atoms with E-state index in [1.54, 1.807) is 109 Å². The molecule has 0 bridgehead atoms. The number of hydrogen-bond acceptors (Lipinski definition) is 4. The highest BCUT2D eigenvalue weighted by Gasteiger charge is 2.19. The van der Waals surface area contributed by atoms with Crippen LogP contribution in [0.5, 0.6) is 0 Å². The largest absolute Gasteiger partial charge is 0.455 e. The van der Waals surface area contributed by atoms with E-state index in [1.807, 2.05) is 0 Å². The van der Waals surface area contributed by atoms with Crippen LogP contribution in [0.2, 0.25) is 0 Å². The van der Waals surface area contributed by atoms with Crippen molar-refractivity contribution < 1.29 is 34.9 Å². The summed E-state index contributed by atoms with van der Waals surface area (Å²) in [6.07, 6.45) is -17.7. The lowest BCUT2D eigenvalue weighted by molar-refractivity contribution is 0.622. The van der Waals surface area contributed by atoms with Gasteiger partial charge in [-0.3, -0.25) is 15.0 Å². The molecule has 5 heteroatoms. The maximum Gasteiger partial charge on any atom is 0.146 e. The van der Waals surface area contributed by atoms with Crippen molar-refractivity contribution in [3.05, 3.63) is 233 Å². The molecule has 4 aromatic heterocycles. The van der Waals surface area contributed by atoms with E-state index in [9.17, 15) is 16.4 Å². The zero-order valence-corrected chi connectivity index (χ0v) is 33.9. The SMILES string of the molecule is [2H]c1cc2c(oc3c(-c4ccc(C([2H])([2H])C([2H])([2H])c5cc(C([2H])([2H])C([2H])([2H])c6cnc(-c7ccccc7)cc6C([2H])([2H])[2H])cc(C([2H])([2H])C([2H])([2H])c6cnc(-c7ccccc7)cc6C([2H])([2H])[2H])c5)cn4)cccc32)c(-c2ccccc2)c1F. The predicted molar refractivity (Wildman–Crippen MR) is 260 cm³/mol. The Kier molecular flexibility index (Phi) is 6.88. The number of hydrogen-bond donors (Lipinski definition) is 0.